The molecule has 2 fully saturated rings. The first-order valence-electron chi connectivity index (χ1n) is 10.3. The molecule has 0 aromatic heterocycles. The molecule has 0 bridgehead atoms. The van der Waals surface area contributed by atoms with Gasteiger partial charge >= 0.3 is 0 Å². The highest BCUT2D eigenvalue weighted by Crippen LogP contribution is 2.23. The minimum atomic E-state index is -0.196. The summed E-state index contributed by atoms with van der Waals surface area (Å²) < 4.78 is 18.9. The molecule has 2 heterocycles. The van der Waals surface area contributed by atoms with Crippen molar-refractivity contribution in [3.8, 4) is 0 Å². The number of nitrogens with zero attached hydrogens (tertiary/aromatic N) is 3. The Morgan fingerprint density at radius 1 is 1.26 bits per heavy atom. The van der Waals surface area contributed by atoms with E-state index in [1.165, 1.54) is 12.8 Å². The maximum absolute atomic E-state index is 13.4. The molecular formula is C21H33FN4O. The Morgan fingerprint density at radius 3 is 2.67 bits per heavy atom. The predicted octanol–water partition coefficient (Wildman–Crippen LogP) is 2.90. The lowest BCUT2D eigenvalue weighted by Gasteiger charge is -2.36. The fraction of sp³-hybridized carbons (Fsp3) is 0.667. The number of halogens is 1. The normalized spacial score (nSPS) is 23.3. The lowest BCUT2D eigenvalue weighted by atomic mass is 10.0. The molecule has 6 heteroatoms. The van der Waals surface area contributed by atoms with Crippen molar-refractivity contribution in [2.75, 3.05) is 52.5 Å². The number of aliphatic imine (C=N–C) groups is 1. The van der Waals surface area contributed by atoms with E-state index in [1.807, 2.05) is 12.1 Å². The van der Waals surface area contributed by atoms with E-state index in [1.54, 1.807) is 12.1 Å². The third-order valence-corrected chi connectivity index (χ3v) is 5.45. The third-order valence-electron chi connectivity index (χ3n) is 5.45. The van der Waals surface area contributed by atoms with Gasteiger partial charge in [-0.15, -0.1) is 0 Å². The highest BCUT2D eigenvalue weighted by molar-refractivity contribution is 5.80. The number of guanidine groups is 1. The van der Waals surface area contributed by atoms with Crippen molar-refractivity contribution in [1.29, 1.82) is 0 Å². The molecule has 27 heavy (non-hydrogen) atoms. The SMILES string of the molecule is CCNC(=NCC(c1ccc(F)cc1)N1CCOCC1)N1CCCC(C)C1. The summed E-state index contributed by atoms with van der Waals surface area (Å²) in [4.78, 5) is 9.79. The Labute approximate surface area is 162 Å². The van der Waals surface area contributed by atoms with Gasteiger partial charge in [0.05, 0.1) is 25.8 Å². The number of hydrogen-bond donors (Lipinski definition) is 1. The van der Waals surface area contributed by atoms with E-state index >= 15 is 0 Å². The molecule has 2 unspecified atom stereocenters. The molecule has 5 nitrogen and oxygen atoms in total. The molecule has 0 amide bonds. The van der Waals surface area contributed by atoms with Gasteiger partial charge in [-0.2, -0.15) is 0 Å². The summed E-state index contributed by atoms with van der Waals surface area (Å²) in [6.45, 7) is 11.3. The molecule has 1 aromatic carbocycles. The van der Waals surface area contributed by atoms with Crippen molar-refractivity contribution in [3.05, 3.63) is 35.6 Å². The van der Waals surface area contributed by atoms with Crippen LogP contribution in [0.25, 0.3) is 0 Å². The first-order chi connectivity index (χ1) is 13.2. The molecule has 0 saturated carbocycles. The van der Waals surface area contributed by atoms with Gasteiger partial charge in [0, 0.05) is 32.7 Å². The topological polar surface area (TPSA) is 40.1 Å². The van der Waals surface area contributed by atoms with E-state index in [2.05, 4.69) is 29.0 Å². The van der Waals surface area contributed by atoms with Crippen LogP contribution in [0.4, 0.5) is 4.39 Å². The van der Waals surface area contributed by atoms with Crippen LogP contribution in [0.5, 0.6) is 0 Å². The van der Waals surface area contributed by atoms with Gasteiger partial charge in [0.15, 0.2) is 5.96 Å². The van der Waals surface area contributed by atoms with E-state index < -0.39 is 0 Å². The zero-order chi connectivity index (χ0) is 19.1. The van der Waals surface area contributed by atoms with Crippen molar-refractivity contribution >= 4 is 5.96 Å². The van der Waals surface area contributed by atoms with Crippen molar-refractivity contribution < 1.29 is 9.13 Å². The van der Waals surface area contributed by atoms with Crippen LogP contribution in [0.15, 0.2) is 29.3 Å². The zero-order valence-corrected chi connectivity index (χ0v) is 16.7. The Kier molecular flexibility index (Phi) is 7.47. The second-order valence-electron chi connectivity index (χ2n) is 7.60. The van der Waals surface area contributed by atoms with E-state index in [4.69, 9.17) is 9.73 Å². The molecule has 0 radical (unpaired) electrons. The molecule has 2 saturated heterocycles. The summed E-state index contributed by atoms with van der Waals surface area (Å²) in [5.74, 6) is 1.51. The van der Waals surface area contributed by atoms with Crippen molar-refractivity contribution in [2.24, 2.45) is 10.9 Å². The number of ether oxygens (including phenoxy) is 1. The van der Waals surface area contributed by atoms with E-state index in [9.17, 15) is 4.39 Å². The third kappa shape index (κ3) is 5.66. The Hall–Kier alpha value is -1.66. The van der Waals surface area contributed by atoms with E-state index in [0.717, 1.165) is 57.5 Å². The van der Waals surface area contributed by atoms with Gasteiger partial charge in [-0.05, 0) is 43.4 Å². The lowest BCUT2D eigenvalue weighted by molar-refractivity contribution is 0.0179. The summed E-state index contributed by atoms with van der Waals surface area (Å²) in [5, 5.41) is 3.46. The minimum absolute atomic E-state index is 0.144. The number of hydrogen-bond acceptors (Lipinski definition) is 3. The van der Waals surface area contributed by atoms with Crippen LogP contribution in [0.2, 0.25) is 0 Å². The number of nitrogens with one attached hydrogen (secondary N) is 1. The Bertz CT molecular complexity index is 601. The van der Waals surface area contributed by atoms with Crippen LogP contribution < -0.4 is 5.32 Å². The maximum Gasteiger partial charge on any atom is 0.193 e. The van der Waals surface area contributed by atoms with Crippen LogP contribution in [-0.4, -0.2) is 68.2 Å². The molecule has 0 spiro atoms. The first kappa shape index (κ1) is 20.1. The van der Waals surface area contributed by atoms with E-state index in [0.29, 0.717) is 12.5 Å². The second kappa shape index (κ2) is 10.0. The van der Waals surface area contributed by atoms with Crippen molar-refractivity contribution in [2.45, 2.75) is 32.7 Å². The molecule has 3 rings (SSSR count). The summed E-state index contributed by atoms with van der Waals surface area (Å²) in [6, 6.07) is 7.01. The quantitative estimate of drug-likeness (QED) is 0.634. The molecule has 0 aliphatic carbocycles. The molecule has 2 aliphatic heterocycles. The summed E-state index contributed by atoms with van der Waals surface area (Å²) in [5.41, 5.74) is 1.12. The summed E-state index contributed by atoms with van der Waals surface area (Å²) >= 11 is 0. The largest absolute Gasteiger partial charge is 0.379 e. The van der Waals surface area contributed by atoms with Crippen LogP contribution in [0, 0.1) is 11.7 Å². The highest BCUT2D eigenvalue weighted by Gasteiger charge is 2.24. The van der Waals surface area contributed by atoms with Gasteiger partial charge in [0.2, 0.25) is 0 Å². The predicted molar refractivity (Wildman–Crippen MR) is 107 cm³/mol. The van der Waals surface area contributed by atoms with Gasteiger partial charge in [-0.3, -0.25) is 9.89 Å². The number of piperidine rings is 1. The minimum Gasteiger partial charge on any atom is -0.379 e. The van der Waals surface area contributed by atoms with Gasteiger partial charge in [-0.1, -0.05) is 19.1 Å². The molecule has 1 N–H and O–H groups in total. The molecule has 1 aromatic rings. The number of rotatable bonds is 5. The summed E-state index contributed by atoms with van der Waals surface area (Å²) in [7, 11) is 0. The molecule has 150 valence electrons. The summed E-state index contributed by atoms with van der Waals surface area (Å²) in [6.07, 6.45) is 2.51. The van der Waals surface area contributed by atoms with Gasteiger partial charge in [-0.25, -0.2) is 4.39 Å². The monoisotopic (exact) mass is 376 g/mol. The molecular weight excluding hydrogens is 343 g/mol. The van der Waals surface area contributed by atoms with Gasteiger partial charge in [0.1, 0.15) is 5.82 Å². The smallest absolute Gasteiger partial charge is 0.193 e. The second-order valence-corrected chi connectivity index (χ2v) is 7.60. The fourth-order valence-electron chi connectivity index (χ4n) is 3.99. The van der Waals surface area contributed by atoms with Gasteiger partial charge < -0.3 is 15.0 Å². The lowest BCUT2D eigenvalue weighted by Crippen LogP contribution is -2.47. The van der Waals surface area contributed by atoms with Crippen LogP contribution in [-0.2, 0) is 4.74 Å². The Balaban J connectivity index is 1.78. The standard InChI is InChI=1S/C21H33FN4O/c1-3-23-21(26-10-4-5-17(2)16-26)24-15-20(25-11-13-27-14-12-25)18-6-8-19(22)9-7-18/h6-9,17,20H,3-5,10-16H2,1-2H3,(H,23,24). The maximum atomic E-state index is 13.4. The van der Waals surface area contributed by atoms with Crippen molar-refractivity contribution in [3.63, 3.8) is 0 Å². The fourth-order valence-corrected chi connectivity index (χ4v) is 3.99. The van der Waals surface area contributed by atoms with Crippen LogP contribution in [0.1, 0.15) is 38.3 Å². The average molecular weight is 377 g/mol. The van der Waals surface area contributed by atoms with E-state index in [-0.39, 0.29) is 11.9 Å². The molecule has 2 atom stereocenters. The molecule has 2 aliphatic rings. The number of morpholine rings is 1. The van der Waals surface area contributed by atoms with Crippen molar-refractivity contribution in [1.82, 2.24) is 15.1 Å². The first-order valence-corrected chi connectivity index (χ1v) is 10.3. The zero-order valence-electron chi connectivity index (χ0n) is 16.7. The van der Waals surface area contributed by atoms with Gasteiger partial charge in [0.25, 0.3) is 0 Å². The number of benzene rings is 1. The Morgan fingerprint density at radius 2 is 2.00 bits per heavy atom. The van der Waals surface area contributed by atoms with Crippen LogP contribution in [0.3, 0.4) is 0 Å². The van der Waals surface area contributed by atoms with Crippen LogP contribution >= 0.6 is 0 Å². The highest BCUT2D eigenvalue weighted by atomic mass is 19.1. The average Bonchev–Trinajstić information content (AvgIpc) is 2.69. The number of likely N-dealkylation sites (tertiary alicyclic amines) is 1.